The lowest BCUT2D eigenvalue weighted by atomic mass is 9.97. The van der Waals surface area contributed by atoms with Gasteiger partial charge in [0.05, 0.1) is 11.6 Å². The third-order valence-corrected chi connectivity index (χ3v) is 3.30. The van der Waals surface area contributed by atoms with Crippen molar-refractivity contribution in [2.75, 3.05) is 19.6 Å². The second kappa shape index (κ2) is 6.36. The summed E-state index contributed by atoms with van der Waals surface area (Å²) in [7, 11) is 0. The van der Waals surface area contributed by atoms with Crippen LogP contribution in [0.5, 0.6) is 0 Å². The molecule has 0 spiro atoms. The quantitative estimate of drug-likeness (QED) is 0.734. The Bertz CT molecular complexity index is 252. The monoisotopic (exact) mass is 242 g/mol. The lowest BCUT2D eigenvalue weighted by Crippen LogP contribution is -2.54. The first-order valence-corrected chi connectivity index (χ1v) is 6.74. The van der Waals surface area contributed by atoms with Crippen LogP contribution in [0, 0.1) is 0 Å². The number of rotatable bonds is 6. The Kier molecular flexibility index (Phi) is 5.40. The van der Waals surface area contributed by atoms with Crippen molar-refractivity contribution < 1.29 is 9.90 Å². The molecule has 0 aromatic rings. The summed E-state index contributed by atoms with van der Waals surface area (Å²) in [6.45, 7) is 7.94. The summed E-state index contributed by atoms with van der Waals surface area (Å²) in [4.78, 5) is 14.0. The van der Waals surface area contributed by atoms with E-state index >= 15 is 0 Å². The Morgan fingerprint density at radius 3 is 2.82 bits per heavy atom. The molecule has 2 N–H and O–H groups in total. The standard InChI is InChI=1S/C13H26N2O2/c1-4-8-13(3,17)10-15-9-6-7-11(12(15)16)14-5-2/h11,14,17H,4-10H2,1-3H3. The molecule has 0 radical (unpaired) electrons. The van der Waals surface area contributed by atoms with Crippen LogP contribution in [0.4, 0.5) is 0 Å². The molecule has 0 aromatic carbocycles. The molecule has 4 heteroatoms. The predicted molar refractivity (Wildman–Crippen MR) is 68.8 cm³/mol. The first kappa shape index (κ1) is 14.5. The Morgan fingerprint density at radius 1 is 1.53 bits per heavy atom. The molecule has 1 rings (SSSR count). The molecule has 1 saturated heterocycles. The molecule has 0 bridgehead atoms. The topological polar surface area (TPSA) is 52.6 Å². The number of nitrogens with zero attached hydrogens (tertiary/aromatic N) is 1. The number of likely N-dealkylation sites (tertiary alicyclic amines) is 1. The molecule has 17 heavy (non-hydrogen) atoms. The number of β-amino-alcohol motifs (C(OH)–C–C–N with tert-alkyl or cyclic N) is 1. The van der Waals surface area contributed by atoms with Crippen LogP contribution < -0.4 is 5.32 Å². The van der Waals surface area contributed by atoms with Gasteiger partial charge in [-0.1, -0.05) is 20.3 Å². The van der Waals surface area contributed by atoms with Crippen molar-refractivity contribution in [1.29, 1.82) is 0 Å². The zero-order valence-electron chi connectivity index (χ0n) is 11.3. The van der Waals surface area contributed by atoms with Gasteiger partial charge in [-0.25, -0.2) is 0 Å². The number of piperidine rings is 1. The highest BCUT2D eigenvalue weighted by atomic mass is 16.3. The van der Waals surface area contributed by atoms with Crippen molar-refractivity contribution in [1.82, 2.24) is 10.2 Å². The summed E-state index contributed by atoms with van der Waals surface area (Å²) in [6.07, 6.45) is 3.61. The van der Waals surface area contributed by atoms with Crippen LogP contribution in [0.1, 0.15) is 46.5 Å². The van der Waals surface area contributed by atoms with Gasteiger partial charge in [-0.3, -0.25) is 4.79 Å². The number of hydrogen-bond donors (Lipinski definition) is 2. The molecule has 1 heterocycles. The van der Waals surface area contributed by atoms with Crippen molar-refractivity contribution in [3.05, 3.63) is 0 Å². The summed E-state index contributed by atoms with van der Waals surface area (Å²) in [6, 6.07) is -0.0498. The Hall–Kier alpha value is -0.610. The maximum atomic E-state index is 12.1. The molecule has 4 nitrogen and oxygen atoms in total. The first-order chi connectivity index (χ1) is 8.00. The largest absolute Gasteiger partial charge is 0.388 e. The Balaban J connectivity index is 2.55. The van der Waals surface area contributed by atoms with Crippen LogP contribution in [0.2, 0.25) is 0 Å². The molecule has 2 atom stereocenters. The van der Waals surface area contributed by atoms with E-state index in [-0.39, 0.29) is 11.9 Å². The Labute approximate surface area is 104 Å². The van der Waals surface area contributed by atoms with Gasteiger partial charge >= 0.3 is 0 Å². The van der Waals surface area contributed by atoms with Crippen LogP contribution >= 0.6 is 0 Å². The number of amides is 1. The van der Waals surface area contributed by atoms with Crippen molar-refractivity contribution in [3.8, 4) is 0 Å². The van der Waals surface area contributed by atoms with Crippen molar-refractivity contribution >= 4 is 5.91 Å². The zero-order valence-corrected chi connectivity index (χ0v) is 11.3. The van der Waals surface area contributed by atoms with Crippen LogP contribution in [0.15, 0.2) is 0 Å². The predicted octanol–water partition coefficient (Wildman–Crippen LogP) is 1.14. The van der Waals surface area contributed by atoms with Crippen LogP contribution in [-0.2, 0) is 4.79 Å². The SMILES string of the molecule is CCCC(C)(O)CN1CCCC(NCC)C1=O. The van der Waals surface area contributed by atoms with E-state index in [1.807, 2.05) is 25.7 Å². The average molecular weight is 242 g/mol. The van der Waals surface area contributed by atoms with E-state index in [0.717, 1.165) is 38.8 Å². The third-order valence-electron chi connectivity index (χ3n) is 3.30. The Morgan fingerprint density at radius 2 is 2.24 bits per heavy atom. The summed E-state index contributed by atoms with van der Waals surface area (Å²) < 4.78 is 0. The minimum atomic E-state index is -0.751. The number of aliphatic hydroxyl groups is 1. The van der Waals surface area contributed by atoms with Crippen LogP contribution in [0.3, 0.4) is 0 Å². The summed E-state index contributed by atoms with van der Waals surface area (Å²) in [5.74, 6) is 0.148. The minimum Gasteiger partial charge on any atom is -0.388 e. The normalized spacial score (nSPS) is 24.8. The average Bonchev–Trinajstić information content (AvgIpc) is 2.24. The van der Waals surface area contributed by atoms with Gasteiger partial charge in [-0.05, 0) is 32.7 Å². The number of carbonyl (C=O) groups excluding carboxylic acids is 1. The van der Waals surface area contributed by atoms with Gasteiger partial charge in [-0.2, -0.15) is 0 Å². The van der Waals surface area contributed by atoms with Gasteiger partial charge in [0.25, 0.3) is 0 Å². The molecule has 0 saturated carbocycles. The second-order valence-electron chi connectivity index (χ2n) is 5.26. The molecule has 1 aliphatic rings. The van der Waals surface area contributed by atoms with Gasteiger partial charge in [0.15, 0.2) is 0 Å². The molecule has 1 amide bonds. The first-order valence-electron chi connectivity index (χ1n) is 6.74. The van der Waals surface area contributed by atoms with Crippen LogP contribution in [0.25, 0.3) is 0 Å². The molecule has 100 valence electrons. The molecule has 0 aromatic heterocycles. The minimum absolute atomic E-state index is 0.0498. The third kappa shape index (κ3) is 4.28. The number of likely N-dealkylation sites (N-methyl/N-ethyl adjacent to an activating group) is 1. The van der Waals surface area contributed by atoms with Crippen molar-refractivity contribution in [3.63, 3.8) is 0 Å². The maximum absolute atomic E-state index is 12.1. The summed E-state index contributed by atoms with van der Waals surface area (Å²) >= 11 is 0. The fraction of sp³-hybridized carbons (Fsp3) is 0.923. The van der Waals surface area contributed by atoms with E-state index in [9.17, 15) is 9.90 Å². The van der Waals surface area contributed by atoms with E-state index in [4.69, 9.17) is 0 Å². The highest BCUT2D eigenvalue weighted by Crippen LogP contribution is 2.18. The van der Waals surface area contributed by atoms with Crippen molar-refractivity contribution in [2.24, 2.45) is 0 Å². The zero-order chi connectivity index (χ0) is 12.9. The summed E-state index contributed by atoms with van der Waals surface area (Å²) in [5, 5.41) is 13.4. The second-order valence-corrected chi connectivity index (χ2v) is 5.26. The fourth-order valence-electron chi connectivity index (χ4n) is 2.56. The lowest BCUT2D eigenvalue weighted by molar-refractivity contribution is -0.139. The molecule has 2 unspecified atom stereocenters. The number of carbonyl (C=O) groups is 1. The van der Waals surface area contributed by atoms with Crippen LogP contribution in [-0.4, -0.2) is 47.2 Å². The van der Waals surface area contributed by atoms with E-state index in [0.29, 0.717) is 6.54 Å². The number of hydrogen-bond acceptors (Lipinski definition) is 3. The smallest absolute Gasteiger partial charge is 0.239 e. The van der Waals surface area contributed by atoms with Gasteiger partial charge in [0.1, 0.15) is 0 Å². The van der Waals surface area contributed by atoms with Gasteiger partial charge in [-0.15, -0.1) is 0 Å². The fourth-order valence-corrected chi connectivity index (χ4v) is 2.56. The number of nitrogens with one attached hydrogen (secondary N) is 1. The maximum Gasteiger partial charge on any atom is 0.239 e. The van der Waals surface area contributed by atoms with Gasteiger partial charge in [0, 0.05) is 13.1 Å². The van der Waals surface area contributed by atoms with E-state index in [2.05, 4.69) is 5.32 Å². The van der Waals surface area contributed by atoms with Gasteiger partial charge < -0.3 is 15.3 Å². The van der Waals surface area contributed by atoms with E-state index < -0.39 is 5.60 Å². The molecule has 1 aliphatic heterocycles. The van der Waals surface area contributed by atoms with Crippen molar-refractivity contribution in [2.45, 2.75) is 58.1 Å². The molecular formula is C13H26N2O2. The van der Waals surface area contributed by atoms with E-state index in [1.54, 1.807) is 0 Å². The molecule has 0 aliphatic carbocycles. The molecule has 1 fully saturated rings. The molecular weight excluding hydrogens is 216 g/mol. The van der Waals surface area contributed by atoms with Gasteiger partial charge in [0.2, 0.25) is 5.91 Å². The summed E-state index contributed by atoms with van der Waals surface area (Å²) in [5.41, 5.74) is -0.751. The highest BCUT2D eigenvalue weighted by Gasteiger charge is 2.32. The lowest BCUT2D eigenvalue weighted by Gasteiger charge is -2.37. The highest BCUT2D eigenvalue weighted by molar-refractivity contribution is 5.82. The van der Waals surface area contributed by atoms with E-state index in [1.165, 1.54) is 0 Å².